The molecule has 1 unspecified atom stereocenters. The molecule has 0 radical (unpaired) electrons. The number of carbonyl (C=O) groups is 3. The van der Waals surface area contributed by atoms with Crippen molar-refractivity contribution in [3.8, 4) is 5.75 Å². The van der Waals surface area contributed by atoms with Crippen molar-refractivity contribution in [2.45, 2.75) is 175 Å². The van der Waals surface area contributed by atoms with Crippen LogP contribution >= 0.6 is 0 Å². The highest BCUT2D eigenvalue weighted by Crippen LogP contribution is 2.34. The van der Waals surface area contributed by atoms with Gasteiger partial charge >= 0.3 is 5.97 Å². The Bertz CT molecular complexity index is 914. The third-order valence-electron chi connectivity index (χ3n) is 8.62. The van der Waals surface area contributed by atoms with Gasteiger partial charge in [-0.1, -0.05) is 143 Å². The number of phenolic OH excluding ortho intramolecular Hbond substituents is 1. The fraction of sp³-hybridized carbons (Fsp3) is 0.763. The molecule has 5 heteroatoms. The first-order chi connectivity index (χ1) is 20.6. The van der Waals surface area contributed by atoms with Gasteiger partial charge in [-0.2, -0.15) is 0 Å². The second kappa shape index (κ2) is 23.2. The molecule has 0 amide bonds. The summed E-state index contributed by atoms with van der Waals surface area (Å²) >= 11 is 0. The molecule has 0 saturated carbocycles. The largest absolute Gasteiger partial charge is 0.507 e. The molecule has 0 aliphatic carbocycles. The molecule has 0 heterocycles. The van der Waals surface area contributed by atoms with E-state index < -0.39 is 11.9 Å². The molecule has 0 aliphatic heterocycles. The summed E-state index contributed by atoms with van der Waals surface area (Å²) in [6.07, 6.45) is 24.0. The molecule has 0 aliphatic rings. The quantitative estimate of drug-likeness (QED) is 0.0495. The standard InChI is InChI=1S/C38H64O5/c1-6-7-8-9-10-11-12-13-14-15-16-17-18-19-23-26-35(40)33(37(42)43-28-27-39)25-22-20-21-24-32-29-31(2)36(41)34(30-32)38(3,4)5/h27,29-30,33,41H,6-26,28H2,1-5H3. The zero-order valence-electron chi connectivity index (χ0n) is 28.4. The van der Waals surface area contributed by atoms with Crippen molar-refractivity contribution in [2.75, 3.05) is 6.61 Å². The van der Waals surface area contributed by atoms with E-state index in [0.29, 0.717) is 24.9 Å². The molecule has 1 N–H and O–H groups in total. The van der Waals surface area contributed by atoms with Crippen LogP contribution in [0.15, 0.2) is 12.1 Å². The van der Waals surface area contributed by atoms with Crippen molar-refractivity contribution in [3.63, 3.8) is 0 Å². The average Bonchev–Trinajstić information content (AvgIpc) is 2.96. The first kappa shape index (κ1) is 38.9. The zero-order valence-corrected chi connectivity index (χ0v) is 28.4. The van der Waals surface area contributed by atoms with E-state index in [1.807, 2.05) is 13.0 Å². The number of phenols is 1. The lowest BCUT2D eigenvalue weighted by molar-refractivity contribution is -0.153. The highest BCUT2D eigenvalue weighted by Gasteiger charge is 2.27. The monoisotopic (exact) mass is 600 g/mol. The average molecular weight is 601 g/mol. The van der Waals surface area contributed by atoms with Crippen LogP contribution in [0.2, 0.25) is 0 Å². The van der Waals surface area contributed by atoms with Crippen LogP contribution in [0, 0.1) is 12.8 Å². The lowest BCUT2D eigenvalue weighted by Crippen LogP contribution is -2.26. The van der Waals surface area contributed by atoms with Gasteiger partial charge in [-0.05, 0) is 54.7 Å². The van der Waals surface area contributed by atoms with E-state index in [-0.39, 0.29) is 17.8 Å². The maximum Gasteiger partial charge on any atom is 0.316 e. The van der Waals surface area contributed by atoms with Crippen molar-refractivity contribution in [1.29, 1.82) is 0 Å². The Morgan fingerprint density at radius 2 is 1.30 bits per heavy atom. The summed E-state index contributed by atoms with van der Waals surface area (Å²) in [5.41, 5.74) is 2.92. The number of aldehydes is 1. The van der Waals surface area contributed by atoms with Gasteiger partial charge in [-0.25, -0.2) is 0 Å². The molecule has 1 rings (SSSR count). The topological polar surface area (TPSA) is 80.7 Å². The second-order valence-corrected chi connectivity index (χ2v) is 13.7. The zero-order chi connectivity index (χ0) is 31.9. The van der Waals surface area contributed by atoms with Crippen LogP contribution in [-0.2, 0) is 31.0 Å². The van der Waals surface area contributed by atoms with Crippen LogP contribution in [0.3, 0.4) is 0 Å². The van der Waals surface area contributed by atoms with Gasteiger partial charge in [0.2, 0.25) is 0 Å². The summed E-state index contributed by atoms with van der Waals surface area (Å²) in [4.78, 5) is 36.2. The molecule has 0 spiro atoms. The van der Waals surface area contributed by atoms with Gasteiger partial charge in [0.05, 0.1) is 0 Å². The van der Waals surface area contributed by atoms with Crippen molar-refractivity contribution in [3.05, 3.63) is 28.8 Å². The number of hydrogen-bond donors (Lipinski definition) is 1. The Kier molecular flexibility index (Phi) is 21.0. The molecule has 0 fully saturated rings. The summed E-state index contributed by atoms with van der Waals surface area (Å²) < 4.78 is 5.05. The number of aryl methyl sites for hydroxylation is 2. The van der Waals surface area contributed by atoms with E-state index in [0.717, 1.165) is 56.1 Å². The highest BCUT2D eigenvalue weighted by molar-refractivity contribution is 5.99. The number of unbranched alkanes of at least 4 members (excludes halogenated alkanes) is 16. The number of aromatic hydroxyl groups is 1. The second-order valence-electron chi connectivity index (χ2n) is 13.7. The number of carbonyl (C=O) groups excluding carboxylic acids is 3. The SMILES string of the molecule is CCCCCCCCCCCCCCCCCC(=O)C(CCCCCc1cc(C)c(O)c(C(C)(C)C)c1)C(=O)OCC=O. The molecule has 1 atom stereocenters. The fourth-order valence-corrected chi connectivity index (χ4v) is 5.90. The van der Waals surface area contributed by atoms with E-state index >= 15 is 0 Å². The molecule has 1 aromatic carbocycles. The number of Topliss-reactive ketones (excluding diaryl/α,β-unsaturated/α-hetero) is 1. The Morgan fingerprint density at radius 3 is 1.81 bits per heavy atom. The van der Waals surface area contributed by atoms with Crippen molar-refractivity contribution < 1.29 is 24.2 Å². The van der Waals surface area contributed by atoms with Crippen molar-refractivity contribution in [2.24, 2.45) is 5.92 Å². The maximum absolute atomic E-state index is 13.0. The van der Waals surface area contributed by atoms with E-state index in [1.54, 1.807) is 0 Å². The number of esters is 1. The molecule has 1 aromatic rings. The molecule has 0 saturated heterocycles. The van der Waals surface area contributed by atoms with Crippen molar-refractivity contribution in [1.82, 2.24) is 0 Å². The minimum absolute atomic E-state index is 0.0467. The number of benzene rings is 1. The smallest absolute Gasteiger partial charge is 0.316 e. The summed E-state index contributed by atoms with van der Waals surface area (Å²) in [7, 11) is 0. The minimum Gasteiger partial charge on any atom is -0.507 e. The van der Waals surface area contributed by atoms with Gasteiger partial charge in [0.25, 0.3) is 0 Å². The third kappa shape index (κ3) is 17.6. The van der Waals surface area contributed by atoms with Crippen molar-refractivity contribution >= 4 is 18.0 Å². The van der Waals surface area contributed by atoms with Gasteiger partial charge in [0.1, 0.15) is 24.1 Å². The number of hydrogen-bond acceptors (Lipinski definition) is 5. The number of ketones is 1. The van der Waals surface area contributed by atoms with Gasteiger partial charge in [-0.3, -0.25) is 14.4 Å². The summed E-state index contributed by atoms with van der Waals surface area (Å²) in [6.45, 7) is 10.2. The van der Waals surface area contributed by atoms with Gasteiger partial charge in [-0.15, -0.1) is 0 Å². The Hall–Kier alpha value is -2.17. The molecule has 43 heavy (non-hydrogen) atoms. The lowest BCUT2D eigenvalue weighted by atomic mass is 9.83. The fourth-order valence-electron chi connectivity index (χ4n) is 5.90. The Labute approximate surface area is 264 Å². The van der Waals surface area contributed by atoms with Crippen LogP contribution in [0.25, 0.3) is 0 Å². The molecular formula is C38H64O5. The Morgan fingerprint density at radius 1 is 0.791 bits per heavy atom. The predicted molar refractivity (Wildman–Crippen MR) is 179 cm³/mol. The van der Waals surface area contributed by atoms with Gasteiger partial charge < -0.3 is 9.84 Å². The highest BCUT2D eigenvalue weighted by atomic mass is 16.5. The first-order valence-corrected chi connectivity index (χ1v) is 17.6. The molecular weight excluding hydrogens is 536 g/mol. The summed E-state index contributed by atoms with van der Waals surface area (Å²) in [6, 6.07) is 4.15. The summed E-state index contributed by atoms with van der Waals surface area (Å²) in [5, 5.41) is 10.5. The molecule has 246 valence electrons. The Balaban J connectivity index is 2.31. The van der Waals surface area contributed by atoms with Crippen LogP contribution in [0.5, 0.6) is 5.75 Å². The normalized spacial score (nSPS) is 12.3. The van der Waals surface area contributed by atoms with E-state index in [1.165, 1.54) is 82.6 Å². The lowest BCUT2D eigenvalue weighted by Gasteiger charge is -2.22. The first-order valence-electron chi connectivity index (χ1n) is 17.6. The predicted octanol–water partition coefficient (Wildman–Crippen LogP) is 10.3. The maximum atomic E-state index is 13.0. The van der Waals surface area contributed by atoms with Crippen LogP contribution in [0.4, 0.5) is 0 Å². The minimum atomic E-state index is -0.769. The molecule has 0 bridgehead atoms. The molecule has 0 aromatic heterocycles. The number of rotatable bonds is 26. The van der Waals surface area contributed by atoms with Gasteiger partial charge in [0, 0.05) is 6.42 Å². The van der Waals surface area contributed by atoms with E-state index in [4.69, 9.17) is 4.74 Å². The van der Waals surface area contributed by atoms with Crippen LogP contribution in [-0.4, -0.2) is 29.8 Å². The van der Waals surface area contributed by atoms with Crippen LogP contribution in [0.1, 0.15) is 173 Å². The number of ether oxygens (including phenoxy) is 1. The van der Waals surface area contributed by atoms with Crippen LogP contribution < -0.4 is 0 Å². The van der Waals surface area contributed by atoms with Gasteiger partial charge in [0.15, 0.2) is 6.29 Å². The van der Waals surface area contributed by atoms with E-state index in [2.05, 4.69) is 33.8 Å². The van der Waals surface area contributed by atoms with E-state index in [9.17, 15) is 19.5 Å². The summed E-state index contributed by atoms with van der Waals surface area (Å²) in [5.74, 6) is -0.993. The molecule has 5 nitrogen and oxygen atoms in total. The third-order valence-corrected chi connectivity index (χ3v) is 8.62.